The first-order chi connectivity index (χ1) is 7.86. The van der Waals surface area contributed by atoms with E-state index in [0.717, 1.165) is 31.1 Å². The van der Waals surface area contributed by atoms with Crippen LogP contribution in [0.4, 0.5) is 0 Å². The molecule has 0 amide bonds. The molecule has 0 saturated carbocycles. The largest absolute Gasteiger partial charge is 0.461 e. The van der Waals surface area contributed by atoms with Crippen molar-refractivity contribution in [3.63, 3.8) is 0 Å². The second-order valence-electron chi connectivity index (χ2n) is 4.15. The van der Waals surface area contributed by atoms with Gasteiger partial charge in [-0.05, 0) is 13.0 Å². The summed E-state index contributed by atoms with van der Waals surface area (Å²) >= 11 is 0. The molecule has 0 radical (unpaired) electrons. The zero-order chi connectivity index (χ0) is 11.0. The molecule has 3 rings (SSSR count). The lowest BCUT2D eigenvalue weighted by Crippen LogP contribution is -2.34. The molecule has 1 N–H and O–H groups in total. The first-order valence-electron chi connectivity index (χ1n) is 5.65. The summed E-state index contributed by atoms with van der Waals surface area (Å²) in [5, 5.41) is 4.67. The summed E-state index contributed by atoms with van der Waals surface area (Å²) in [6.45, 7) is 4.45. The Bertz CT molecular complexity index is 498. The van der Waals surface area contributed by atoms with Gasteiger partial charge in [-0.3, -0.25) is 0 Å². The Balaban J connectivity index is 2.10. The van der Waals surface area contributed by atoms with Gasteiger partial charge in [0.1, 0.15) is 11.3 Å². The van der Waals surface area contributed by atoms with Crippen molar-refractivity contribution in [1.29, 1.82) is 0 Å². The van der Waals surface area contributed by atoms with Gasteiger partial charge in [0.2, 0.25) is 0 Å². The summed E-state index contributed by atoms with van der Waals surface area (Å²) in [7, 11) is 0. The predicted molar refractivity (Wildman–Crippen MR) is 62.5 cm³/mol. The smallest absolute Gasteiger partial charge is 0.134 e. The van der Waals surface area contributed by atoms with Crippen LogP contribution in [0.1, 0.15) is 17.4 Å². The van der Waals surface area contributed by atoms with E-state index in [4.69, 9.17) is 9.15 Å². The lowest BCUT2D eigenvalue weighted by molar-refractivity contribution is 0.0768. The second kappa shape index (κ2) is 3.92. The summed E-state index contributed by atoms with van der Waals surface area (Å²) in [6, 6.07) is 8.43. The summed E-state index contributed by atoms with van der Waals surface area (Å²) < 4.78 is 11.3. The van der Waals surface area contributed by atoms with Gasteiger partial charge < -0.3 is 14.5 Å². The molecule has 16 heavy (non-hydrogen) atoms. The average Bonchev–Trinajstić information content (AvgIpc) is 2.66. The maximum absolute atomic E-state index is 5.76. The van der Waals surface area contributed by atoms with E-state index in [2.05, 4.69) is 11.4 Å². The molecule has 0 bridgehead atoms. The third kappa shape index (κ3) is 1.52. The Morgan fingerprint density at radius 1 is 1.31 bits per heavy atom. The molecule has 3 nitrogen and oxygen atoms in total. The number of hydrogen-bond donors (Lipinski definition) is 1. The molecule has 0 aliphatic carbocycles. The van der Waals surface area contributed by atoms with Crippen molar-refractivity contribution >= 4 is 11.0 Å². The number of rotatable bonds is 1. The fraction of sp³-hybridized carbons (Fsp3) is 0.385. The fourth-order valence-electron chi connectivity index (χ4n) is 2.37. The van der Waals surface area contributed by atoms with Crippen LogP contribution < -0.4 is 5.32 Å². The van der Waals surface area contributed by atoms with Gasteiger partial charge in [0.25, 0.3) is 0 Å². The van der Waals surface area contributed by atoms with Gasteiger partial charge in [-0.15, -0.1) is 0 Å². The molecule has 1 saturated heterocycles. The summed E-state index contributed by atoms with van der Waals surface area (Å²) in [4.78, 5) is 0. The van der Waals surface area contributed by atoms with E-state index in [-0.39, 0.29) is 6.04 Å². The van der Waals surface area contributed by atoms with Crippen LogP contribution in [0, 0.1) is 6.92 Å². The van der Waals surface area contributed by atoms with E-state index in [1.807, 2.05) is 25.1 Å². The van der Waals surface area contributed by atoms with E-state index in [1.165, 1.54) is 10.9 Å². The maximum atomic E-state index is 5.76. The summed E-state index contributed by atoms with van der Waals surface area (Å²) in [5.41, 5.74) is 2.21. The predicted octanol–water partition coefficient (Wildman–Crippen LogP) is 2.40. The topological polar surface area (TPSA) is 34.4 Å². The Hall–Kier alpha value is -1.32. The highest BCUT2D eigenvalue weighted by atomic mass is 16.5. The van der Waals surface area contributed by atoms with E-state index in [1.54, 1.807) is 0 Å². The first-order valence-corrected chi connectivity index (χ1v) is 5.65. The molecule has 1 unspecified atom stereocenters. The van der Waals surface area contributed by atoms with Crippen molar-refractivity contribution in [1.82, 2.24) is 5.32 Å². The highest BCUT2D eigenvalue weighted by Gasteiger charge is 2.22. The van der Waals surface area contributed by atoms with Crippen LogP contribution >= 0.6 is 0 Å². The van der Waals surface area contributed by atoms with Crippen LogP contribution in [0.25, 0.3) is 11.0 Å². The standard InChI is InChI=1S/C13H15NO2/c1-9-13(11-8-15-7-6-14-11)10-4-2-3-5-12(10)16-9/h2-5,11,14H,6-8H2,1H3. The first kappa shape index (κ1) is 9.87. The number of morpholine rings is 1. The number of ether oxygens (including phenoxy) is 1. The number of aryl methyl sites for hydroxylation is 1. The van der Waals surface area contributed by atoms with Gasteiger partial charge in [0.05, 0.1) is 19.3 Å². The quantitative estimate of drug-likeness (QED) is 0.796. The van der Waals surface area contributed by atoms with E-state index >= 15 is 0 Å². The molecule has 2 aromatic rings. The lowest BCUT2D eigenvalue weighted by atomic mass is 10.0. The number of fused-ring (bicyclic) bond motifs is 1. The molecule has 1 fully saturated rings. The molecule has 1 aromatic heterocycles. The van der Waals surface area contributed by atoms with Crippen molar-refractivity contribution in [2.24, 2.45) is 0 Å². The number of hydrogen-bond acceptors (Lipinski definition) is 3. The Labute approximate surface area is 94.4 Å². The fourth-order valence-corrected chi connectivity index (χ4v) is 2.37. The third-order valence-electron chi connectivity index (χ3n) is 3.09. The van der Waals surface area contributed by atoms with Crippen LogP contribution in [0.3, 0.4) is 0 Å². The lowest BCUT2D eigenvalue weighted by Gasteiger charge is -2.23. The zero-order valence-electron chi connectivity index (χ0n) is 9.32. The van der Waals surface area contributed by atoms with Crippen molar-refractivity contribution in [3.8, 4) is 0 Å². The highest BCUT2D eigenvalue weighted by molar-refractivity contribution is 5.82. The average molecular weight is 217 g/mol. The van der Waals surface area contributed by atoms with Gasteiger partial charge in [-0.25, -0.2) is 0 Å². The highest BCUT2D eigenvalue weighted by Crippen LogP contribution is 2.31. The number of nitrogens with one attached hydrogen (secondary N) is 1. The van der Waals surface area contributed by atoms with Gasteiger partial charge in [0.15, 0.2) is 0 Å². The third-order valence-corrected chi connectivity index (χ3v) is 3.09. The van der Waals surface area contributed by atoms with Crippen LogP contribution in [-0.2, 0) is 4.74 Å². The normalized spacial score (nSPS) is 21.4. The van der Waals surface area contributed by atoms with Crippen molar-refractivity contribution in [2.45, 2.75) is 13.0 Å². The minimum atomic E-state index is 0.261. The zero-order valence-corrected chi connectivity index (χ0v) is 9.32. The van der Waals surface area contributed by atoms with Crippen LogP contribution in [0.15, 0.2) is 28.7 Å². The molecule has 2 heterocycles. The molecule has 1 aliphatic rings. The molecule has 0 spiro atoms. The summed E-state index contributed by atoms with van der Waals surface area (Å²) in [5.74, 6) is 0.990. The van der Waals surface area contributed by atoms with Gasteiger partial charge in [0, 0.05) is 17.5 Å². The van der Waals surface area contributed by atoms with E-state index in [0.29, 0.717) is 0 Å². The molecule has 1 aromatic carbocycles. The maximum Gasteiger partial charge on any atom is 0.134 e. The molecular weight excluding hydrogens is 202 g/mol. The molecule has 1 atom stereocenters. The SMILES string of the molecule is Cc1oc2ccccc2c1C1COCCN1. The van der Waals surface area contributed by atoms with Gasteiger partial charge in [-0.1, -0.05) is 18.2 Å². The minimum Gasteiger partial charge on any atom is -0.461 e. The number of para-hydroxylation sites is 1. The Morgan fingerprint density at radius 3 is 3.00 bits per heavy atom. The Morgan fingerprint density at radius 2 is 2.19 bits per heavy atom. The van der Waals surface area contributed by atoms with Crippen molar-refractivity contribution in [3.05, 3.63) is 35.6 Å². The second-order valence-corrected chi connectivity index (χ2v) is 4.15. The molecule has 1 aliphatic heterocycles. The minimum absolute atomic E-state index is 0.261. The van der Waals surface area contributed by atoms with E-state index < -0.39 is 0 Å². The summed E-state index contributed by atoms with van der Waals surface area (Å²) in [6.07, 6.45) is 0. The monoisotopic (exact) mass is 217 g/mol. The number of benzene rings is 1. The van der Waals surface area contributed by atoms with Gasteiger partial charge >= 0.3 is 0 Å². The molecular formula is C13H15NO2. The van der Waals surface area contributed by atoms with Gasteiger partial charge in [-0.2, -0.15) is 0 Å². The van der Waals surface area contributed by atoms with Crippen molar-refractivity contribution in [2.75, 3.05) is 19.8 Å². The van der Waals surface area contributed by atoms with Crippen LogP contribution in [0.5, 0.6) is 0 Å². The molecule has 3 heteroatoms. The molecule has 84 valence electrons. The number of furan rings is 1. The Kier molecular flexibility index (Phi) is 2.42. The van der Waals surface area contributed by atoms with Crippen LogP contribution in [0.2, 0.25) is 0 Å². The van der Waals surface area contributed by atoms with Crippen molar-refractivity contribution < 1.29 is 9.15 Å². The van der Waals surface area contributed by atoms with Crippen LogP contribution in [-0.4, -0.2) is 19.8 Å². The van der Waals surface area contributed by atoms with E-state index in [9.17, 15) is 0 Å².